The van der Waals surface area contributed by atoms with Crippen molar-refractivity contribution in [2.45, 2.75) is 70.8 Å². The van der Waals surface area contributed by atoms with Crippen LogP contribution in [0.15, 0.2) is 12.3 Å². The molecule has 24 heavy (non-hydrogen) atoms. The number of carbonyl (C=O) groups is 2. The maximum Gasteiger partial charge on any atom is 0.505 e. The average Bonchev–Trinajstić information content (AvgIpc) is 2.56. The molecule has 0 aliphatic carbocycles. The van der Waals surface area contributed by atoms with Crippen LogP contribution in [0.4, 0.5) is 9.59 Å². The van der Waals surface area contributed by atoms with E-state index in [0.29, 0.717) is 0 Å². The Morgan fingerprint density at radius 1 is 1.25 bits per heavy atom. The molecule has 9 heteroatoms. The van der Waals surface area contributed by atoms with Crippen molar-refractivity contribution in [3.05, 3.63) is 12.3 Å². The summed E-state index contributed by atoms with van der Waals surface area (Å²) in [5, 5.41) is 2.55. The van der Waals surface area contributed by atoms with Crippen LogP contribution < -0.4 is 11.1 Å². The van der Waals surface area contributed by atoms with Crippen LogP contribution in [0, 0.1) is 0 Å². The molecular formula is C15H26BN3O5. The Balaban J connectivity index is 2.17. The lowest BCUT2D eigenvalue weighted by atomic mass is 9.71. The van der Waals surface area contributed by atoms with Gasteiger partial charge in [-0.2, -0.15) is 0 Å². The summed E-state index contributed by atoms with van der Waals surface area (Å²) in [6.45, 7) is 12.7. The highest BCUT2D eigenvalue weighted by Crippen LogP contribution is 2.39. The first-order valence-electron chi connectivity index (χ1n) is 7.85. The van der Waals surface area contributed by atoms with Gasteiger partial charge in [-0.1, -0.05) is 0 Å². The molecule has 3 amide bonds. The second-order valence-corrected chi connectivity index (χ2v) is 8.12. The molecular weight excluding hydrogens is 313 g/mol. The summed E-state index contributed by atoms with van der Waals surface area (Å²) in [4.78, 5) is 25.2. The van der Waals surface area contributed by atoms with E-state index in [1.54, 1.807) is 20.8 Å². The molecule has 0 aromatic rings. The minimum atomic E-state index is -1.39. The molecule has 0 aromatic carbocycles. The number of hydrogen-bond donors (Lipinski definition) is 2. The SMILES string of the molecule is CC(C)(C)OC(=O)N1C=CC(N)(B2OC(C)(C)C(C)(C)O2)NC1=O. The topological polar surface area (TPSA) is 103 Å². The van der Waals surface area contributed by atoms with E-state index >= 15 is 0 Å². The summed E-state index contributed by atoms with van der Waals surface area (Å²) in [5.41, 5.74) is 2.95. The third kappa shape index (κ3) is 3.43. The fourth-order valence-electron chi connectivity index (χ4n) is 2.18. The Kier molecular flexibility index (Phi) is 4.28. The van der Waals surface area contributed by atoms with E-state index in [9.17, 15) is 9.59 Å². The van der Waals surface area contributed by atoms with E-state index in [0.717, 1.165) is 4.90 Å². The quantitative estimate of drug-likeness (QED) is 0.706. The van der Waals surface area contributed by atoms with E-state index < -0.39 is 41.6 Å². The Labute approximate surface area is 142 Å². The molecule has 0 bridgehead atoms. The molecule has 0 saturated carbocycles. The van der Waals surface area contributed by atoms with Gasteiger partial charge in [0.15, 0.2) is 0 Å². The maximum atomic E-state index is 12.3. The number of carbonyl (C=O) groups excluding carboxylic acids is 2. The molecule has 2 heterocycles. The van der Waals surface area contributed by atoms with E-state index in [-0.39, 0.29) is 0 Å². The summed E-state index contributed by atoms with van der Waals surface area (Å²) in [6, 6.07) is -0.705. The number of urea groups is 1. The molecule has 2 rings (SSSR count). The molecule has 0 aromatic heterocycles. The lowest BCUT2D eigenvalue weighted by molar-refractivity contribution is 0.00578. The van der Waals surface area contributed by atoms with Gasteiger partial charge in [-0.3, -0.25) is 0 Å². The van der Waals surface area contributed by atoms with Gasteiger partial charge in [0.1, 0.15) is 11.2 Å². The zero-order valence-corrected chi connectivity index (χ0v) is 15.3. The number of nitrogens with zero attached hydrogens (tertiary/aromatic N) is 1. The lowest BCUT2D eigenvalue weighted by Crippen LogP contribution is -2.69. The third-order valence-electron chi connectivity index (χ3n) is 4.28. The zero-order chi connectivity index (χ0) is 18.6. The highest BCUT2D eigenvalue weighted by atomic mass is 16.7. The van der Waals surface area contributed by atoms with Crippen molar-refractivity contribution in [2.24, 2.45) is 5.73 Å². The number of nitrogens with two attached hydrogens (primary N) is 1. The van der Waals surface area contributed by atoms with Crippen LogP contribution in [-0.2, 0) is 14.0 Å². The lowest BCUT2D eigenvalue weighted by Gasteiger charge is -2.35. The van der Waals surface area contributed by atoms with Crippen molar-refractivity contribution < 1.29 is 23.6 Å². The normalized spacial score (nSPS) is 28.8. The van der Waals surface area contributed by atoms with Gasteiger partial charge in [-0.05, 0) is 54.5 Å². The van der Waals surface area contributed by atoms with Crippen LogP contribution in [0.1, 0.15) is 48.5 Å². The van der Waals surface area contributed by atoms with Crippen LogP contribution in [0.25, 0.3) is 0 Å². The average molecular weight is 339 g/mol. The first-order valence-corrected chi connectivity index (χ1v) is 7.85. The van der Waals surface area contributed by atoms with Crippen LogP contribution in [0.2, 0.25) is 0 Å². The molecule has 1 unspecified atom stereocenters. The van der Waals surface area contributed by atoms with E-state index in [2.05, 4.69) is 5.32 Å². The Bertz CT molecular complexity index is 568. The van der Waals surface area contributed by atoms with Gasteiger partial charge in [0.25, 0.3) is 0 Å². The van der Waals surface area contributed by atoms with Gasteiger partial charge in [0.05, 0.1) is 11.2 Å². The fourth-order valence-corrected chi connectivity index (χ4v) is 2.18. The summed E-state index contributed by atoms with van der Waals surface area (Å²) in [7, 11) is -0.886. The minimum Gasteiger partial charge on any atom is -0.443 e. The Morgan fingerprint density at radius 3 is 2.17 bits per heavy atom. The summed E-state index contributed by atoms with van der Waals surface area (Å²) >= 11 is 0. The van der Waals surface area contributed by atoms with Crippen molar-refractivity contribution >= 4 is 19.2 Å². The zero-order valence-electron chi connectivity index (χ0n) is 15.3. The van der Waals surface area contributed by atoms with Gasteiger partial charge in [-0.25, -0.2) is 14.5 Å². The second-order valence-electron chi connectivity index (χ2n) is 8.12. The smallest absolute Gasteiger partial charge is 0.443 e. The molecule has 2 aliphatic rings. The Morgan fingerprint density at radius 2 is 1.75 bits per heavy atom. The first-order chi connectivity index (χ1) is 10.7. The standard InChI is InChI=1S/C15H26BN3O5/c1-12(2,3)22-11(21)19-9-8-15(17,18-10(19)20)16-23-13(4,5)14(6,7)24-16/h8-9H,17H2,1-7H3,(H,18,20). The van der Waals surface area contributed by atoms with Gasteiger partial charge in [0, 0.05) is 6.20 Å². The van der Waals surface area contributed by atoms with Crippen molar-refractivity contribution in [1.29, 1.82) is 0 Å². The summed E-state index contributed by atoms with van der Waals surface area (Å²) in [6.07, 6.45) is 1.95. The second kappa shape index (κ2) is 5.47. The number of hydrogen-bond acceptors (Lipinski definition) is 6. The van der Waals surface area contributed by atoms with Crippen molar-refractivity contribution in [2.75, 3.05) is 0 Å². The Hall–Kier alpha value is -1.58. The molecule has 3 N–H and O–H groups in total. The predicted molar refractivity (Wildman–Crippen MR) is 88.7 cm³/mol. The molecule has 8 nitrogen and oxygen atoms in total. The van der Waals surface area contributed by atoms with E-state index in [1.807, 2.05) is 27.7 Å². The third-order valence-corrected chi connectivity index (χ3v) is 4.28. The van der Waals surface area contributed by atoms with Crippen LogP contribution in [0.3, 0.4) is 0 Å². The molecule has 1 fully saturated rings. The molecule has 134 valence electrons. The number of amides is 3. The van der Waals surface area contributed by atoms with Gasteiger partial charge in [-0.15, -0.1) is 0 Å². The van der Waals surface area contributed by atoms with Gasteiger partial charge >= 0.3 is 19.2 Å². The van der Waals surface area contributed by atoms with Crippen molar-refractivity contribution in [3.63, 3.8) is 0 Å². The molecule has 2 aliphatic heterocycles. The summed E-state index contributed by atoms with van der Waals surface area (Å²) < 4.78 is 16.9. The van der Waals surface area contributed by atoms with Crippen molar-refractivity contribution in [1.82, 2.24) is 10.2 Å². The monoisotopic (exact) mass is 339 g/mol. The van der Waals surface area contributed by atoms with Crippen LogP contribution in [-0.4, -0.2) is 46.5 Å². The van der Waals surface area contributed by atoms with Crippen LogP contribution in [0.5, 0.6) is 0 Å². The highest BCUT2D eigenvalue weighted by Gasteiger charge is 2.59. The minimum absolute atomic E-state index is 0.592. The molecule has 1 atom stereocenters. The largest absolute Gasteiger partial charge is 0.505 e. The molecule has 0 radical (unpaired) electrons. The number of imide groups is 1. The maximum absolute atomic E-state index is 12.3. The molecule has 1 saturated heterocycles. The van der Waals surface area contributed by atoms with Gasteiger partial charge < -0.3 is 25.1 Å². The number of nitrogens with one attached hydrogen (secondary N) is 1. The van der Waals surface area contributed by atoms with E-state index in [1.165, 1.54) is 12.3 Å². The number of ether oxygens (including phenoxy) is 1. The highest BCUT2D eigenvalue weighted by molar-refractivity contribution is 6.51. The first kappa shape index (κ1) is 18.8. The molecule has 0 spiro atoms. The predicted octanol–water partition coefficient (Wildman–Crippen LogP) is 1.75. The van der Waals surface area contributed by atoms with Gasteiger partial charge in [0.2, 0.25) is 0 Å². The van der Waals surface area contributed by atoms with E-state index in [4.69, 9.17) is 19.8 Å². The van der Waals surface area contributed by atoms with Crippen LogP contribution >= 0.6 is 0 Å². The number of rotatable bonds is 1. The fraction of sp³-hybridized carbons (Fsp3) is 0.733. The summed E-state index contributed by atoms with van der Waals surface area (Å²) in [5.74, 6) is 0. The van der Waals surface area contributed by atoms with Crippen molar-refractivity contribution in [3.8, 4) is 0 Å².